The molecule has 5 nitrogen and oxygen atoms in total. The van der Waals surface area contributed by atoms with E-state index in [2.05, 4.69) is 4.98 Å². The van der Waals surface area contributed by atoms with Crippen molar-refractivity contribution in [3.05, 3.63) is 53.6 Å². The van der Waals surface area contributed by atoms with Crippen molar-refractivity contribution in [3.63, 3.8) is 0 Å². The number of hydrogen-bond acceptors (Lipinski definition) is 4. The van der Waals surface area contributed by atoms with E-state index in [9.17, 15) is 4.79 Å². The molecule has 0 aliphatic heterocycles. The molecule has 0 radical (unpaired) electrons. The Morgan fingerprint density at radius 2 is 2.10 bits per heavy atom. The standard InChI is InChI=1S/C16H13NO4/c1-20-9-11-4-2-3-5-12(11)15-17-13-7-6-10(16(18)19)8-14(13)21-15/h2-8H,9H2,1H3,(H,18,19). The second-order valence-electron chi connectivity index (χ2n) is 4.60. The summed E-state index contributed by atoms with van der Waals surface area (Å²) in [5.41, 5.74) is 3.06. The molecule has 0 saturated heterocycles. The van der Waals surface area contributed by atoms with Gasteiger partial charge in [-0.3, -0.25) is 0 Å². The summed E-state index contributed by atoms with van der Waals surface area (Å²) in [5, 5.41) is 9.00. The molecule has 1 aromatic heterocycles. The summed E-state index contributed by atoms with van der Waals surface area (Å²) in [6.07, 6.45) is 0. The first-order valence-corrected chi connectivity index (χ1v) is 6.40. The van der Waals surface area contributed by atoms with Crippen molar-refractivity contribution < 1.29 is 19.1 Å². The predicted octanol–water partition coefficient (Wildman–Crippen LogP) is 3.34. The number of hydrogen-bond donors (Lipinski definition) is 1. The van der Waals surface area contributed by atoms with Crippen molar-refractivity contribution in [3.8, 4) is 11.5 Å². The van der Waals surface area contributed by atoms with E-state index in [4.69, 9.17) is 14.3 Å². The molecule has 0 unspecified atom stereocenters. The van der Waals surface area contributed by atoms with E-state index in [1.807, 2.05) is 24.3 Å². The summed E-state index contributed by atoms with van der Waals surface area (Å²) < 4.78 is 10.9. The molecule has 0 bridgehead atoms. The highest BCUT2D eigenvalue weighted by Crippen LogP contribution is 2.27. The number of fused-ring (bicyclic) bond motifs is 1. The van der Waals surface area contributed by atoms with Crippen molar-refractivity contribution in [2.24, 2.45) is 0 Å². The number of methoxy groups -OCH3 is 1. The molecule has 2 aromatic carbocycles. The molecule has 5 heteroatoms. The van der Waals surface area contributed by atoms with Gasteiger partial charge in [0.1, 0.15) is 5.52 Å². The monoisotopic (exact) mass is 283 g/mol. The number of benzene rings is 2. The van der Waals surface area contributed by atoms with Crippen molar-refractivity contribution in [2.75, 3.05) is 7.11 Å². The van der Waals surface area contributed by atoms with Crippen LogP contribution in [-0.4, -0.2) is 23.2 Å². The molecule has 0 aliphatic carbocycles. The Balaban J connectivity index is 2.11. The molecule has 0 aliphatic rings. The maximum atomic E-state index is 11.0. The van der Waals surface area contributed by atoms with Crippen LogP contribution in [0.15, 0.2) is 46.9 Å². The van der Waals surface area contributed by atoms with E-state index in [-0.39, 0.29) is 5.56 Å². The lowest BCUT2D eigenvalue weighted by atomic mass is 10.1. The number of aromatic carboxylic acids is 1. The molecule has 3 rings (SSSR count). The Bertz CT molecular complexity index is 807. The molecule has 106 valence electrons. The fourth-order valence-electron chi connectivity index (χ4n) is 2.18. The number of carboxylic acid groups (broad SMARTS) is 1. The minimum absolute atomic E-state index is 0.176. The lowest BCUT2D eigenvalue weighted by molar-refractivity contribution is 0.0697. The maximum absolute atomic E-state index is 11.0. The Morgan fingerprint density at radius 1 is 1.29 bits per heavy atom. The lowest BCUT2D eigenvalue weighted by Crippen LogP contribution is -1.94. The third-order valence-corrected chi connectivity index (χ3v) is 3.18. The zero-order valence-electron chi connectivity index (χ0n) is 11.4. The summed E-state index contributed by atoms with van der Waals surface area (Å²) in [4.78, 5) is 15.4. The van der Waals surface area contributed by atoms with Crippen LogP contribution < -0.4 is 0 Å². The van der Waals surface area contributed by atoms with Gasteiger partial charge < -0.3 is 14.3 Å². The average Bonchev–Trinajstić information content (AvgIpc) is 2.90. The second-order valence-corrected chi connectivity index (χ2v) is 4.60. The maximum Gasteiger partial charge on any atom is 0.335 e. The third-order valence-electron chi connectivity index (χ3n) is 3.18. The van der Waals surface area contributed by atoms with Crippen LogP contribution in [0.3, 0.4) is 0 Å². The number of carboxylic acids is 1. The topological polar surface area (TPSA) is 72.6 Å². The van der Waals surface area contributed by atoms with Crippen LogP contribution in [0.4, 0.5) is 0 Å². The van der Waals surface area contributed by atoms with Crippen LogP contribution in [-0.2, 0) is 11.3 Å². The van der Waals surface area contributed by atoms with Crippen molar-refractivity contribution in [2.45, 2.75) is 6.61 Å². The number of rotatable bonds is 4. The summed E-state index contributed by atoms with van der Waals surface area (Å²) in [6.45, 7) is 0.454. The first-order chi connectivity index (χ1) is 10.2. The first-order valence-electron chi connectivity index (χ1n) is 6.40. The van der Waals surface area contributed by atoms with Gasteiger partial charge in [-0.15, -0.1) is 0 Å². The largest absolute Gasteiger partial charge is 0.478 e. The Labute approximate surface area is 120 Å². The molecule has 0 spiro atoms. The molecule has 0 fully saturated rings. The fraction of sp³-hybridized carbons (Fsp3) is 0.125. The van der Waals surface area contributed by atoms with Crippen LogP contribution in [0.25, 0.3) is 22.6 Å². The molecule has 3 aromatic rings. The number of carbonyl (C=O) groups is 1. The molecular formula is C16H13NO4. The van der Waals surface area contributed by atoms with Crippen LogP contribution in [0, 0.1) is 0 Å². The van der Waals surface area contributed by atoms with Gasteiger partial charge in [-0.25, -0.2) is 9.78 Å². The van der Waals surface area contributed by atoms with Gasteiger partial charge in [-0.05, 0) is 29.8 Å². The molecule has 21 heavy (non-hydrogen) atoms. The van der Waals surface area contributed by atoms with E-state index >= 15 is 0 Å². The number of ether oxygens (including phenoxy) is 1. The summed E-state index contributed by atoms with van der Waals surface area (Å²) >= 11 is 0. The first kappa shape index (κ1) is 13.3. The lowest BCUT2D eigenvalue weighted by Gasteiger charge is -2.04. The highest BCUT2D eigenvalue weighted by Gasteiger charge is 2.13. The van der Waals surface area contributed by atoms with Gasteiger partial charge in [0.15, 0.2) is 5.58 Å². The highest BCUT2D eigenvalue weighted by molar-refractivity contribution is 5.92. The van der Waals surface area contributed by atoms with Crippen LogP contribution in [0.5, 0.6) is 0 Å². The SMILES string of the molecule is COCc1ccccc1-c1nc2ccc(C(=O)O)cc2o1. The summed E-state index contributed by atoms with van der Waals surface area (Å²) in [7, 11) is 1.63. The number of aromatic nitrogens is 1. The van der Waals surface area contributed by atoms with Gasteiger partial charge in [0.2, 0.25) is 5.89 Å². The van der Waals surface area contributed by atoms with E-state index in [1.54, 1.807) is 13.2 Å². The Hall–Kier alpha value is -2.66. The molecule has 0 atom stereocenters. The zero-order valence-corrected chi connectivity index (χ0v) is 11.4. The van der Waals surface area contributed by atoms with Gasteiger partial charge >= 0.3 is 5.97 Å². The summed E-state index contributed by atoms with van der Waals surface area (Å²) in [5.74, 6) is -0.533. The average molecular weight is 283 g/mol. The van der Waals surface area contributed by atoms with Gasteiger partial charge in [-0.2, -0.15) is 0 Å². The normalized spacial score (nSPS) is 10.9. The molecule has 1 N–H and O–H groups in total. The molecule has 0 saturated carbocycles. The predicted molar refractivity (Wildman–Crippen MR) is 77.1 cm³/mol. The Kier molecular flexibility index (Phi) is 3.41. The van der Waals surface area contributed by atoms with E-state index in [1.165, 1.54) is 12.1 Å². The fourth-order valence-corrected chi connectivity index (χ4v) is 2.18. The van der Waals surface area contributed by atoms with Gasteiger partial charge in [-0.1, -0.05) is 18.2 Å². The number of oxazole rings is 1. The number of nitrogens with zero attached hydrogens (tertiary/aromatic N) is 1. The molecular weight excluding hydrogens is 270 g/mol. The van der Waals surface area contributed by atoms with Crippen molar-refractivity contribution in [1.82, 2.24) is 4.98 Å². The van der Waals surface area contributed by atoms with Crippen LogP contribution in [0.1, 0.15) is 15.9 Å². The van der Waals surface area contributed by atoms with Crippen molar-refractivity contribution in [1.29, 1.82) is 0 Å². The highest BCUT2D eigenvalue weighted by atomic mass is 16.5. The smallest absolute Gasteiger partial charge is 0.335 e. The van der Waals surface area contributed by atoms with E-state index < -0.39 is 5.97 Å². The second kappa shape index (κ2) is 5.38. The van der Waals surface area contributed by atoms with Gasteiger partial charge in [0.25, 0.3) is 0 Å². The van der Waals surface area contributed by atoms with E-state index in [0.717, 1.165) is 11.1 Å². The Morgan fingerprint density at radius 3 is 2.86 bits per heavy atom. The zero-order chi connectivity index (χ0) is 14.8. The van der Waals surface area contributed by atoms with Gasteiger partial charge in [0.05, 0.1) is 12.2 Å². The van der Waals surface area contributed by atoms with Crippen molar-refractivity contribution >= 4 is 17.1 Å². The minimum atomic E-state index is -0.991. The quantitative estimate of drug-likeness (QED) is 0.795. The van der Waals surface area contributed by atoms with E-state index in [0.29, 0.717) is 23.6 Å². The molecule has 0 amide bonds. The van der Waals surface area contributed by atoms with Crippen LogP contribution in [0.2, 0.25) is 0 Å². The van der Waals surface area contributed by atoms with Gasteiger partial charge in [0, 0.05) is 12.7 Å². The minimum Gasteiger partial charge on any atom is -0.478 e. The third kappa shape index (κ3) is 2.51. The van der Waals surface area contributed by atoms with Crippen LogP contribution >= 0.6 is 0 Å². The molecule has 1 heterocycles. The summed E-state index contributed by atoms with van der Waals surface area (Å²) in [6, 6.07) is 12.3.